The quantitative estimate of drug-likeness (QED) is 0.846. The lowest BCUT2D eigenvalue weighted by molar-refractivity contribution is -0.132. The number of amides is 3. The predicted molar refractivity (Wildman–Crippen MR) is 74.0 cm³/mol. The minimum atomic E-state index is -0.889. The number of imide groups is 1. The molecule has 5 nitrogen and oxygen atoms in total. The van der Waals surface area contributed by atoms with Crippen molar-refractivity contribution in [2.24, 2.45) is 5.92 Å². The summed E-state index contributed by atoms with van der Waals surface area (Å²) in [6.07, 6.45) is 2.49. The van der Waals surface area contributed by atoms with Crippen molar-refractivity contribution < 1.29 is 9.59 Å². The number of urea groups is 1. The molecule has 0 aromatic carbocycles. The molecule has 3 rings (SSSR count). The maximum Gasteiger partial charge on any atom is 0.325 e. The molecule has 3 amide bonds. The lowest BCUT2D eigenvalue weighted by Crippen LogP contribution is -2.46. The van der Waals surface area contributed by atoms with E-state index < -0.39 is 5.54 Å². The molecule has 20 heavy (non-hydrogen) atoms. The standard InChI is InChI=1S/C14H15N3O2S/c1-9(7-15)8-17-12(18)14(16-13(17)19)5-2-3-11-10(14)4-6-20-11/h4,6,9H,2-3,5,8H2,1H3,(H,16,19)/t9-,14+/m0/s1. The monoisotopic (exact) mass is 289 g/mol. The molecule has 6 heteroatoms. The van der Waals surface area contributed by atoms with Crippen LogP contribution in [0.5, 0.6) is 0 Å². The van der Waals surface area contributed by atoms with Gasteiger partial charge in [-0.2, -0.15) is 5.26 Å². The summed E-state index contributed by atoms with van der Waals surface area (Å²) < 4.78 is 0. The largest absolute Gasteiger partial charge is 0.325 e. The molecular weight excluding hydrogens is 274 g/mol. The van der Waals surface area contributed by atoms with Gasteiger partial charge in [0.1, 0.15) is 5.54 Å². The van der Waals surface area contributed by atoms with Crippen LogP contribution in [-0.4, -0.2) is 23.4 Å². The first kappa shape index (κ1) is 13.1. The maximum atomic E-state index is 12.7. The summed E-state index contributed by atoms with van der Waals surface area (Å²) in [7, 11) is 0. The predicted octanol–water partition coefficient (Wildman–Crippen LogP) is 1.99. The van der Waals surface area contributed by atoms with Gasteiger partial charge in [-0.15, -0.1) is 11.3 Å². The number of nitriles is 1. The number of nitrogens with one attached hydrogen (secondary N) is 1. The average Bonchev–Trinajstić information content (AvgIpc) is 3.00. The van der Waals surface area contributed by atoms with Gasteiger partial charge >= 0.3 is 6.03 Å². The van der Waals surface area contributed by atoms with Crippen LogP contribution in [-0.2, 0) is 16.8 Å². The number of aryl methyl sites for hydroxylation is 1. The number of hydrogen-bond acceptors (Lipinski definition) is 4. The Kier molecular flexibility index (Phi) is 3.02. The molecule has 1 aliphatic carbocycles. The van der Waals surface area contributed by atoms with Crippen molar-refractivity contribution >= 4 is 23.3 Å². The van der Waals surface area contributed by atoms with Crippen molar-refractivity contribution in [1.29, 1.82) is 5.26 Å². The molecule has 1 spiro atoms. The van der Waals surface area contributed by atoms with Crippen molar-refractivity contribution in [2.45, 2.75) is 31.7 Å². The van der Waals surface area contributed by atoms with Crippen molar-refractivity contribution in [3.63, 3.8) is 0 Å². The minimum Gasteiger partial charge on any atom is -0.319 e. The van der Waals surface area contributed by atoms with Gasteiger partial charge < -0.3 is 5.32 Å². The van der Waals surface area contributed by atoms with Gasteiger partial charge in [-0.1, -0.05) is 0 Å². The van der Waals surface area contributed by atoms with Crippen LogP contribution >= 0.6 is 11.3 Å². The van der Waals surface area contributed by atoms with Gasteiger partial charge in [0.15, 0.2) is 0 Å². The SMILES string of the molecule is C[C@@H](C#N)CN1C(=O)N[C@@]2(CCCc3sccc32)C1=O. The number of thiophene rings is 1. The Morgan fingerprint density at radius 3 is 3.15 bits per heavy atom. The van der Waals surface area contributed by atoms with E-state index in [0.717, 1.165) is 18.4 Å². The van der Waals surface area contributed by atoms with Crippen LogP contribution in [0.3, 0.4) is 0 Å². The first-order valence-electron chi connectivity index (χ1n) is 6.69. The zero-order valence-corrected chi connectivity index (χ0v) is 12.0. The molecule has 2 heterocycles. The van der Waals surface area contributed by atoms with Crippen LogP contribution in [0.15, 0.2) is 11.4 Å². The molecular formula is C14H15N3O2S. The second-order valence-electron chi connectivity index (χ2n) is 5.39. The Morgan fingerprint density at radius 2 is 2.40 bits per heavy atom. The number of hydrogen-bond donors (Lipinski definition) is 1. The third-order valence-corrected chi connectivity index (χ3v) is 4.99. The topological polar surface area (TPSA) is 73.2 Å². The van der Waals surface area contributed by atoms with E-state index in [2.05, 4.69) is 11.4 Å². The fourth-order valence-electron chi connectivity index (χ4n) is 3.02. The zero-order valence-electron chi connectivity index (χ0n) is 11.2. The lowest BCUT2D eigenvalue weighted by Gasteiger charge is -2.31. The summed E-state index contributed by atoms with van der Waals surface area (Å²) in [5.74, 6) is -0.561. The Balaban J connectivity index is 1.97. The molecule has 1 N–H and O–H groups in total. The number of fused-ring (bicyclic) bond motifs is 2. The highest BCUT2D eigenvalue weighted by atomic mass is 32.1. The van der Waals surface area contributed by atoms with Gasteiger partial charge in [0, 0.05) is 17.0 Å². The smallest absolute Gasteiger partial charge is 0.319 e. The van der Waals surface area contributed by atoms with E-state index in [1.54, 1.807) is 18.3 Å². The summed E-state index contributed by atoms with van der Waals surface area (Å²) >= 11 is 1.63. The third-order valence-electron chi connectivity index (χ3n) is 4.01. The van der Waals surface area contributed by atoms with Crippen LogP contribution < -0.4 is 5.32 Å². The molecule has 0 bridgehead atoms. The number of rotatable bonds is 2. The fourth-order valence-corrected chi connectivity index (χ4v) is 4.02. The van der Waals surface area contributed by atoms with E-state index in [-0.39, 0.29) is 24.4 Å². The molecule has 104 valence electrons. The molecule has 0 radical (unpaired) electrons. The average molecular weight is 289 g/mol. The van der Waals surface area contributed by atoms with Crippen LogP contribution in [0.2, 0.25) is 0 Å². The number of nitrogens with zero attached hydrogens (tertiary/aromatic N) is 2. The van der Waals surface area contributed by atoms with E-state index in [4.69, 9.17) is 5.26 Å². The summed E-state index contributed by atoms with van der Waals surface area (Å²) in [6.45, 7) is 1.87. The van der Waals surface area contributed by atoms with E-state index in [1.165, 1.54) is 9.78 Å². The molecule has 2 atom stereocenters. The number of carbonyl (C=O) groups excluding carboxylic acids is 2. The Bertz CT molecular complexity index is 618. The van der Waals surface area contributed by atoms with Gasteiger partial charge in [-0.05, 0) is 37.6 Å². The first-order chi connectivity index (χ1) is 9.58. The molecule has 1 saturated heterocycles. The van der Waals surface area contributed by atoms with E-state index in [1.807, 2.05) is 11.4 Å². The highest BCUT2D eigenvalue weighted by Crippen LogP contribution is 2.42. The van der Waals surface area contributed by atoms with Crippen LogP contribution in [0.4, 0.5) is 4.79 Å². The van der Waals surface area contributed by atoms with Crippen LogP contribution in [0.1, 0.15) is 30.2 Å². The Labute approximate surface area is 121 Å². The van der Waals surface area contributed by atoms with Crippen molar-refractivity contribution in [1.82, 2.24) is 10.2 Å². The van der Waals surface area contributed by atoms with Gasteiger partial charge in [-0.25, -0.2) is 4.79 Å². The van der Waals surface area contributed by atoms with Gasteiger partial charge in [0.2, 0.25) is 0 Å². The van der Waals surface area contributed by atoms with Gasteiger partial charge in [0.25, 0.3) is 5.91 Å². The first-order valence-corrected chi connectivity index (χ1v) is 7.57. The second kappa shape index (κ2) is 4.60. The second-order valence-corrected chi connectivity index (χ2v) is 6.39. The highest BCUT2D eigenvalue weighted by Gasteiger charge is 2.54. The van der Waals surface area contributed by atoms with E-state index in [9.17, 15) is 9.59 Å². The molecule has 1 aromatic heterocycles. The lowest BCUT2D eigenvalue weighted by atomic mass is 9.80. The molecule has 1 aromatic rings. The van der Waals surface area contributed by atoms with Crippen LogP contribution in [0.25, 0.3) is 0 Å². The maximum absolute atomic E-state index is 12.7. The Morgan fingerprint density at radius 1 is 1.60 bits per heavy atom. The summed E-state index contributed by atoms with van der Waals surface area (Å²) in [4.78, 5) is 27.2. The van der Waals surface area contributed by atoms with Crippen molar-refractivity contribution in [2.75, 3.05) is 6.54 Å². The molecule has 1 aliphatic heterocycles. The Hall–Kier alpha value is -1.87. The highest BCUT2D eigenvalue weighted by molar-refractivity contribution is 7.10. The zero-order chi connectivity index (χ0) is 14.3. The summed E-state index contributed by atoms with van der Waals surface area (Å²) in [5.41, 5.74) is 0.0547. The normalized spacial score (nSPS) is 26.3. The molecule has 1 fully saturated rings. The van der Waals surface area contributed by atoms with E-state index in [0.29, 0.717) is 6.42 Å². The third kappa shape index (κ3) is 1.74. The number of carbonyl (C=O) groups is 2. The van der Waals surface area contributed by atoms with Gasteiger partial charge in [-0.3, -0.25) is 9.69 Å². The summed E-state index contributed by atoms with van der Waals surface area (Å²) in [6, 6.07) is 3.63. The molecule has 0 unspecified atom stereocenters. The minimum absolute atomic E-state index is 0.155. The van der Waals surface area contributed by atoms with E-state index >= 15 is 0 Å². The summed E-state index contributed by atoms with van der Waals surface area (Å²) in [5, 5.41) is 13.7. The molecule has 0 saturated carbocycles. The molecule has 2 aliphatic rings. The van der Waals surface area contributed by atoms with Crippen LogP contribution in [0, 0.1) is 17.2 Å². The van der Waals surface area contributed by atoms with Gasteiger partial charge in [0.05, 0.1) is 12.0 Å². The van der Waals surface area contributed by atoms with Crippen molar-refractivity contribution in [3.05, 3.63) is 21.9 Å². The fraction of sp³-hybridized carbons (Fsp3) is 0.500. The van der Waals surface area contributed by atoms with Crippen molar-refractivity contribution in [3.8, 4) is 6.07 Å².